The molecular weight excluding hydrogens is 340 g/mol. The summed E-state index contributed by atoms with van der Waals surface area (Å²) in [5.41, 5.74) is 0. The Hall–Kier alpha value is 0.540. The molecule has 0 aliphatic carbocycles. The average Bonchev–Trinajstić information content (AvgIpc) is 2.48. The molecule has 0 aromatic heterocycles. The second-order valence-electron chi connectivity index (χ2n) is 7.76. The maximum atomic E-state index is 5.68. The van der Waals surface area contributed by atoms with E-state index in [4.69, 9.17) is 9.47 Å². The zero-order valence-electron chi connectivity index (χ0n) is 17.0. The van der Waals surface area contributed by atoms with Crippen LogP contribution < -0.4 is 0 Å². The van der Waals surface area contributed by atoms with Crippen LogP contribution in [0.5, 0.6) is 0 Å². The molecule has 0 amide bonds. The molecule has 0 unspecified atom stereocenters. The van der Waals surface area contributed by atoms with E-state index < -0.39 is 0 Å². The Morgan fingerprint density at radius 3 is 1.33 bits per heavy atom. The summed E-state index contributed by atoms with van der Waals surface area (Å²) in [6.07, 6.45) is 4.77. The minimum atomic E-state index is 0.760. The van der Waals surface area contributed by atoms with Gasteiger partial charge in [-0.3, -0.25) is 0 Å². The van der Waals surface area contributed by atoms with E-state index in [0.29, 0.717) is 0 Å². The molecule has 146 valence electrons. The van der Waals surface area contributed by atoms with Crippen molar-refractivity contribution in [2.75, 3.05) is 79.5 Å². The lowest BCUT2D eigenvalue weighted by molar-refractivity contribution is -0.890. The topological polar surface area (TPSA) is 18.5 Å². The highest BCUT2D eigenvalue weighted by Crippen LogP contribution is 2.21. The van der Waals surface area contributed by atoms with Gasteiger partial charge in [0.15, 0.2) is 0 Å². The van der Waals surface area contributed by atoms with Gasteiger partial charge in [0.1, 0.15) is 11.9 Å². The third-order valence-corrected chi connectivity index (χ3v) is 5.88. The molecule has 0 aromatic carbocycles. The summed E-state index contributed by atoms with van der Waals surface area (Å²) in [4.78, 5) is 0. The highest BCUT2D eigenvalue weighted by Gasteiger charge is 2.13. The van der Waals surface area contributed by atoms with E-state index in [-0.39, 0.29) is 0 Å². The van der Waals surface area contributed by atoms with Crippen molar-refractivity contribution in [3.8, 4) is 0 Å². The van der Waals surface area contributed by atoms with Crippen LogP contribution in [0.3, 0.4) is 0 Å². The Bertz CT molecular complexity index is 262. The molecule has 0 radical (unpaired) electrons. The molecule has 0 aromatic rings. The Morgan fingerprint density at radius 2 is 1.00 bits per heavy atom. The number of ether oxygens (including phenoxy) is 2. The molecule has 0 saturated carbocycles. The van der Waals surface area contributed by atoms with Gasteiger partial charge in [0.05, 0.1) is 67.6 Å². The summed E-state index contributed by atoms with van der Waals surface area (Å²) in [6.45, 7) is 11.1. The smallest absolute Gasteiger partial charge is 0.102 e. The minimum absolute atomic E-state index is 0.760. The number of quaternary nitrogens is 2. The van der Waals surface area contributed by atoms with Crippen LogP contribution in [0.25, 0.3) is 0 Å². The molecule has 0 heterocycles. The zero-order valence-corrected chi connectivity index (χ0v) is 18.6. The van der Waals surface area contributed by atoms with Crippen molar-refractivity contribution in [3.05, 3.63) is 0 Å². The van der Waals surface area contributed by atoms with E-state index in [1.54, 1.807) is 21.6 Å². The molecule has 0 rings (SSSR count). The monoisotopic (exact) mass is 382 g/mol. The van der Waals surface area contributed by atoms with Gasteiger partial charge in [-0.15, -0.1) is 0 Å². The quantitative estimate of drug-likeness (QED) is 0.163. The number of hydrogen-bond donors (Lipinski definition) is 0. The van der Waals surface area contributed by atoms with Gasteiger partial charge >= 0.3 is 0 Å². The van der Waals surface area contributed by atoms with Crippen LogP contribution in [-0.4, -0.2) is 88.4 Å². The molecule has 4 nitrogen and oxygen atoms in total. The van der Waals surface area contributed by atoms with Crippen LogP contribution in [0, 0.1) is 0 Å². The van der Waals surface area contributed by atoms with Crippen LogP contribution in [0.4, 0.5) is 0 Å². The molecule has 0 bridgehead atoms. The van der Waals surface area contributed by atoms with Crippen molar-refractivity contribution in [1.29, 1.82) is 0 Å². The van der Waals surface area contributed by atoms with Gasteiger partial charge in [0.2, 0.25) is 0 Å². The second kappa shape index (κ2) is 14.7. The van der Waals surface area contributed by atoms with Crippen molar-refractivity contribution in [2.45, 2.75) is 39.5 Å². The van der Waals surface area contributed by atoms with E-state index in [9.17, 15) is 0 Å². The molecule has 0 aliphatic rings. The Labute approximate surface area is 159 Å². The predicted octanol–water partition coefficient (Wildman–Crippen LogP) is 4.07. The van der Waals surface area contributed by atoms with Crippen molar-refractivity contribution >= 4 is 21.6 Å². The predicted molar refractivity (Wildman–Crippen MR) is 110 cm³/mol. The van der Waals surface area contributed by atoms with Crippen LogP contribution in [0.15, 0.2) is 0 Å². The molecule has 0 saturated heterocycles. The van der Waals surface area contributed by atoms with E-state index in [0.717, 1.165) is 46.9 Å². The summed E-state index contributed by atoms with van der Waals surface area (Å²) >= 11 is 0. The van der Waals surface area contributed by atoms with Gasteiger partial charge in [-0.2, -0.15) is 0 Å². The summed E-state index contributed by atoms with van der Waals surface area (Å²) in [5, 5.41) is 0. The fourth-order valence-electron chi connectivity index (χ4n) is 2.88. The van der Waals surface area contributed by atoms with Crippen molar-refractivity contribution in [1.82, 2.24) is 0 Å². The SMILES string of the molecule is CCC[N+](C)(C)CCCOCSSCOCCC[N+](C)(C)CCC. The second-order valence-corrected chi connectivity index (χ2v) is 10.1. The first kappa shape index (κ1) is 24.5. The normalized spacial score (nSPS) is 12.8. The first-order valence-corrected chi connectivity index (χ1v) is 11.9. The molecule has 0 fully saturated rings. The van der Waals surface area contributed by atoms with Crippen LogP contribution in [-0.2, 0) is 9.47 Å². The number of hydrogen-bond acceptors (Lipinski definition) is 4. The zero-order chi connectivity index (χ0) is 18.3. The largest absolute Gasteiger partial charge is 0.370 e. The summed E-state index contributed by atoms with van der Waals surface area (Å²) in [5.74, 6) is 1.52. The molecule has 6 heteroatoms. The van der Waals surface area contributed by atoms with Gasteiger partial charge < -0.3 is 18.4 Å². The third kappa shape index (κ3) is 16.0. The molecule has 24 heavy (non-hydrogen) atoms. The van der Waals surface area contributed by atoms with E-state index in [2.05, 4.69) is 42.0 Å². The maximum absolute atomic E-state index is 5.68. The summed E-state index contributed by atoms with van der Waals surface area (Å²) in [6, 6.07) is 0. The van der Waals surface area contributed by atoms with Gasteiger partial charge in [0, 0.05) is 12.8 Å². The lowest BCUT2D eigenvalue weighted by atomic mass is 10.3. The Balaban J connectivity index is 3.29. The average molecular weight is 383 g/mol. The number of nitrogens with zero attached hydrogens (tertiary/aromatic N) is 2. The molecule has 0 atom stereocenters. The Kier molecular flexibility index (Phi) is 15.0. The fraction of sp³-hybridized carbons (Fsp3) is 1.00. The van der Waals surface area contributed by atoms with Gasteiger partial charge in [-0.1, -0.05) is 35.4 Å². The van der Waals surface area contributed by atoms with Gasteiger partial charge in [-0.05, 0) is 12.8 Å². The first-order chi connectivity index (χ1) is 11.3. The van der Waals surface area contributed by atoms with Gasteiger partial charge in [-0.25, -0.2) is 0 Å². The molecule has 0 aliphatic heterocycles. The third-order valence-electron chi connectivity index (χ3n) is 4.11. The molecular formula is C18H42N2O2S2+2. The van der Waals surface area contributed by atoms with E-state index >= 15 is 0 Å². The van der Waals surface area contributed by atoms with Crippen LogP contribution in [0.2, 0.25) is 0 Å². The van der Waals surface area contributed by atoms with Gasteiger partial charge in [0.25, 0.3) is 0 Å². The number of rotatable bonds is 17. The Morgan fingerprint density at radius 1 is 0.625 bits per heavy atom. The maximum Gasteiger partial charge on any atom is 0.102 e. The lowest BCUT2D eigenvalue weighted by Crippen LogP contribution is -2.41. The van der Waals surface area contributed by atoms with E-state index in [1.165, 1.54) is 39.0 Å². The van der Waals surface area contributed by atoms with E-state index in [1.807, 2.05) is 0 Å². The molecule has 0 spiro atoms. The van der Waals surface area contributed by atoms with Crippen LogP contribution >= 0.6 is 21.6 Å². The van der Waals surface area contributed by atoms with Crippen molar-refractivity contribution < 1.29 is 18.4 Å². The van der Waals surface area contributed by atoms with Crippen LogP contribution in [0.1, 0.15) is 39.5 Å². The summed E-state index contributed by atoms with van der Waals surface area (Å²) < 4.78 is 13.6. The summed E-state index contributed by atoms with van der Waals surface area (Å²) in [7, 11) is 12.7. The minimum Gasteiger partial charge on any atom is -0.370 e. The fourth-order valence-corrected chi connectivity index (χ4v) is 4.20. The standard InChI is InChI=1S/C18H42N2O2S2/c1-7-11-19(3,4)13-9-15-21-17-23-24-18-22-16-10-14-20(5,6)12-8-2/h7-18H2,1-6H3/q+2. The highest BCUT2D eigenvalue weighted by atomic mass is 33.1. The highest BCUT2D eigenvalue weighted by molar-refractivity contribution is 8.76. The van der Waals surface area contributed by atoms with Crippen molar-refractivity contribution in [3.63, 3.8) is 0 Å². The first-order valence-electron chi connectivity index (χ1n) is 9.37. The van der Waals surface area contributed by atoms with Crippen molar-refractivity contribution in [2.24, 2.45) is 0 Å². The molecule has 0 N–H and O–H groups in total. The lowest BCUT2D eigenvalue weighted by Gasteiger charge is -2.29.